The van der Waals surface area contributed by atoms with Gasteiger partial charge in [0.2, 0.25) is 11.8 Å². The van der Waals surface area contributed by atoms with Crippen molar-refractivity contribution in [1.29, 1.82) is 0 Å². The maximum atomic E-state index is 12.2. The van der Waals surface area contributed by atoms with Crippen molar-refractivity contribution in [2.75, 3.05) is 13.1 Å². The monoisotopic (exact) mass is 289 g/mol. The summed E-state index contributed by atoms with van der Waals surface area (Å²) in [6.45, 7) is 2.87. The lowest BCUT2D eigenvalue weighted by Crippen LogP contribution is -2.51. The van der Waals surface area contributed by atoms with Crippen molar-refractivity contribution in [2.24, 2.45) is 0 Å². The van der Waals surface area contributed by atoms with E-state index in [1.54, 1.807) is 11.1 Å². The first-order valence-electron chi connectivity index (χ1n) is 7.62. The highest BCUT2D eigenvalue weighted by Crippen LogP contribution is 2.17. The molecule has 21 heavy (non-hydrogen) atoms. The lowest BCUT2D eigenvalue weighted by atomic mass is 10.0. The topological polar surface area (TPSA) is 62.3 Å². The van der Waals surface area contributed by atoms with Crippen LogP contribution in [-0.4, -0.2) is 40.8 Å². The number of hydrogen-bond donors (Lipinski definition) is 1. The molecule has 1 unspecified atom stereocenters. The minimum atomic E-state index is -0.283. The highest BCUT2D eigenvalue weighted by atomic mass is 16.2. The Hall–Kier alpha value is -1.91. The molecule has 0 saturated carbocycles. The third kappa shape index (κ3) is 4.55. The van der Waals surface area contributed by atoms with E-state index in [1.807, 2.05) is 18.3 Å². The molecule has 5 heteroatoms. The van der Waals surface area contributed by atoms with E-state index >= 15 is 0 Å². The Morgan fingerprint density at radius 1 is 1.43 bits per heavy atom. The summed E-state index contributed by atoms with van der Waals surface area (Å²) < 4.78 is 0. The fraction of sp³-hybridized carbons (Fsp3) is 0.562. The number of carbonyl (C=O) groups is 2. The highest BCUT2D eigenvalue weighted by Gasteiger charge is 2.29. The van der Waals surface area contributed by atoms with Gasteiger partial charge < -0.3 is 10.2 Å². The molecule has 1 aliphatic rings. The van der Waals surface area contributed by atoms with Gasteiger partial charge in [0.15, 0.2) is 0 Å². The normalized spacial score (nSPS) is 18.3. The number of carbonyl (C=O) groups excluding carboxylic acids is 2. The second-order valence-corrected chi connectivity index (χ2v) is 5.48. The molecule has 1 N–H and O–H groups in total. The van der Waals surface area contributed by atoms with Crippen molar-refractivity contribution in [3.05, 3.63) is 30.1 Å². The first-order chi connectivity index (χ1) is 10.2. The van der Waals surface area contributed by atoms with Gasteiger partial charge in [-0.3, -0.25) is 14.6 Å². The molecular formula is C16H23N3O2. The molecule has 1 aliphatic heterocycles. The second-order valence-electron chi connectivity index (χ2n) is 5.48. The number of likely N-dealkylation sites (tertiary alicyclic amines) is 1. The Bertz CT molecular complexity index is 476. The summed E-state index contributed by atoms with van der Waals surface area (Å²) in [7, 11) is 0. The van der Waals surface area contributed by atoms with Gasteiger partial charge in [-0.2, -0.15) is 0 Å². The van der Waals surface area contributed by atoms with E-state index in [-0.39, 0.29) is 17.9 Å². The molecule has 0 spiro atoms. The zero-order valence-corrected chi connectivity index (χ0v) is 12.5. The van der Waals surface area contributed by atoms with Crippen LogP contribution in [0.3, 0.4) is 0 Å². The average Bonchev–Trinajstić information content (AvgIpc) is 2.52. The molecule has 0 radical (unpaired) electrons. The molecule has 5 nitrogen and oxygen atoms in total. The number of nitrogens with one attached hydrogen (secondary N) is 1. The maximum Gasteiger partial charge on any atom is 0.242 e. The molecule has 0 aromatic carbocycles. The van der Waals surface area contributed by atoms with Gasteiger partial charge in [-0.25, -0.2) is 0 Å². The Labute approximate surface area is 125 Å². The molecule has 2 rings (SSSR count). The van der Waals surface area contributed by atoms with Gasteiger partial charge in [-0.05, 0) is 43.7 Å². The van der Waals surface area contributed by atoms with E-state index in [0.717, 1.165) is 32.1 Å². The van der Waals surface area contributed by atoms with Crippen LogP contribution >= 0.6 is 0 Å². The molecule has 114 valence electrons. The first kappa shape index (κ1) is 15.5. The van der Waals surface area contributed by atoms with Gasteiger partial charge >= 0.3 is 0 Å². The number of aryl methyl sites for hydroxylation is 1. The smallest absolute Gasteiger partial charge is 0.242 e. The van der Waals surface area contributed by atoms with Gasteiger partial charge in [-0.1, -0.05) is 6.07 Å². The van der Waals surface area contributed by atoms with E-state index in [0.29, 0.717) is 13.1 Å². The predicted octanol–water partition coefficient (Wildman–Crippen LogP) is 1.53. The third-order valence-electron chi connectivity index (χ3n) is 3.87. The molecule has 2 heterocycles. The van der Waals surface area contributed by atoms with Crippen molar-refractivity contribution in [3.63, 3.8) is 0 Å². The Kier molecular flexibility index (Phi) is 5.72. The van der Waals surface area contributed by atoms with Crippen LogP contribution in [0.25, 0.3) is 0 Å². The van der Waals surface area contributed by atoms with Gasteiger partial charge in [0.05, 0.1) is 0 Å². The predicted molar refractivity (Wildman–Crippen MR) is 80.6 cm³/mol. The molecule has 1 aromatic rings. The molecule has 0 bridgehead atoms. The lowest BCUT2D eigenvalue weighted by Gasteiger charge is -2.33. The fourth-order valence-electron chi connectivity index (χ4n) is 2.75. The Morgan fingerprint density at radius 3 is 3.00 bits per heavy atom. The summed E-state index contributed by atoms with van der Waals surface area (Å²) in [4.78, 5) is 29.5. The summed E-state index contributed by atoms with van der Waals surface area (Å²) in [5.41, 5.74) is 1.18. The number of amides is 2. The molecule has 1 atom stereocenters. The zero-order valence-electron chi connectivity index (χ0n) is 12.5. The van der Waals surface area contributed by atoms with Crippen LogP contribution in [0.5, 0.6) is 0 Å². The van der Waals surface area contributed by atoms with Crippen molar-refractivity contribution < 1.29 is 9.59 Å². The van der Waals surface area contributed by atoms with Crippen LogP contribution in [0.15, 0.2) is 24.5 Å². The van der Waals surface area contributed by atoms with Crippen LogP contribution in [0.2, 0.25) is 0 Å². The maximum absolute atomic E-state index is 12.2. The number of pyridine rings is 1. The number of nitrogens with zero attached hydrogens (tertiary/aromatic N) is 2. The van der Waals surface area contributed by atoms with E-state index in [4.69, 9.17) is 0 Å². The van der Waals surface area contributed by atoms with Crippen molar-refractivity contribution >= 4 is 11.8 Å². The number of hydrogen-bond acceptors (Lipinski definition) is 3. The summed E-state index contributed by atoms with van der Waals surface area (Å²) >= 11 is 0. The van der Waals surface area contributed by atoms with E-state index in [1.165, 1.54) is 12.5 Å². The summed E-state index contributed by atoms with van der Waals surface area (Å²) in [6, 6.07) is 3.67. The highest BCUT2D eigenvalue weighted by molar-refractivity contribution is 5.87. The summed E-state index contributed by atoms with van der Waals surface area (Å²) in [5.74, 6) is -0.0266. The standard InChI is InChI=1S/C16H23N3O2/c1-13(20)19-11-3-2-8-15(19)16(21)18-10-5-7-14-6-4-9-17-12-14/h4,6,9,12,15H,2-3,5,7-8,10-11H2,1H3,(H,18,21). The minimum Gasteiger partial charge on any atom is -0.354 e. The second kappa shape index (κ2) is 7.76. The van der Waals surface area contributed by atoms with Crippen LogP contribution in [0.4, 0.5) is 0 Å². The molecule has 0 aliphatic carbocycles. The van der Waals surface area contributed by atoms with Crippen molar-refractivity contribution in [3.8, 4) is 0 Å². The summed E-state index contributed by atoms with van der Waals surface area (Å²) in [5, 5.41) is 2.95. The van der Waals surface area contributed by atoms with Crippen molar-refractivity contribution in [2.45, 2.75) is 45.1 Å². The molecule has 1 aromatic heterocycles. The van der Waals surface area contributed by atoms with E-state index in [2.05, 4.69) is 10.3 Å². The third-order valence-corrected chi connectivity index (χ3v) is 3.87. The Balaban J connectivity index is 1.74. The van der Waals surface area contributed by atoms with Gasteiger partial charge in [0, 0.05) is 32.4 Å². The van der Waals surface area contributed by atoms with Crippen LogP contribution < -0.4 is 5.32 Å². The lowest BCUT2D eigenvalue weighted by molar-refractivity contribution is -0.140. The molecular weight excluding hydrogens is 266 g/mol. The van der Waals surface area contributed by atoms with Crippen LogP contribution in [0, 0.1) is 0 Å². The van der Waals surface area contributed by atoms with Crippen LogP contribution in [0.1, 0.15) is 38.2 Å². The fourth-order valence-corrected chi connectivity index (χ4v) is 2.75. The van der Waals surface area contributed by atoms with Gasteiger partial charge in [0.1, 0.15) is 6.04 Å². The SMILES string of the molecule is CC(=O)N1CCCCC1C(=O)NCCCc1cccnc1. The Morgan fingerprint density at radius 2 is 2.29 bits per heavy atom. The molecule has 1 saturated heterocycles. The van der Waals surface area contributed by atoms with Gasteiger partial charge in [0.25, 0.3) is 0 Å². The minimum absolute atomic E-state index is 0.00906. The van der Waals surface area contributed by atoms with Crippen molar-refractivity contribution in [1.82, 2.24) is 15.2 Å². The largest absolute Gasteiger partial charge is 0.354 e. The summed E-state index contributed by atoms with van der Waals surface area (Å²) in [6.07, 6.45) is 8.15. The molecule has 2 amide bonds. The zero-order chi connectivity index (χ0) is 15.1. The van der Waals surface area contributed by atoms with Crippen LogP contribution in [-0.2, 0) is 16.0 Å². The number of aromatic nitrogens is 1. The first-order valence-corrected chi connectivity index (χ1v) is 7.62. The van der Waals surface area contributed by atoms with E-state index in [9.17, 15) is 9.59 Å². The number of rotatable bonds is 5. The molecule has 1 fully saturated rings. The number of piperidine rings is 1. The average molecular weight is 289 g/mol. The quantitative estimate of drug-likeness (QED) is 0.836. The van der Waals surface area contributed by atoms with Gasteiger partial charge in [-0.15, -0.1) is 0 Å². The van der Waals surface area contributed by atoms with E-state index < -0.39 is 0 Å².